The fraction of sp³-hybridized carbons (Fsp3) is 0.538. The molecule has 0 aliphatic carbocycles. The van der Waals surface area contributed by atoms with E-state index in [2.05, 4.69) is 17.2 Å². The van der Waals surface area contributed by atoms with Gasteiger partial charge in [0.25, 0.3) is 0 Å². The van der Waals surface area contributed by atoms with Gasteiger partial charge in [-0.1, -0.05) is 19.1 Å². The second kappa shape index (κ2) is 10.5. The number of nitrogens with one attached hydrogen (secondary N) is 1. The molecular formula is C26H36N6O3. The summed E-state index contributed by atoms with van der Waals surface area (Å²) in [4.78, 5) is 23.6. The van der Waals surface area contributed by atoms with Gasteiger partial charge in [0.05, 0.1) is 12.5 Å². The summed E-state index contributed by atoms with van der Waals surface area (Å²) in [6, 6.07) is 7.87. The minimum Gasteiger partial charge on any atom is -0.496 e. The van der Waals surface area contributed by atoms with Gasteiger partial charge in [-0.3, -0.25) is 0 Å². The van der Waals surface area contributed by atoms with Crippen LogP contribution in [0.3, 0.4) is 0 Å². The lowest BCUT2D eigenvalue weighted by Crippen LogP contribution is -2.42. The van der Waals surface area contributed by atoms with Crippen molar-refractivity contribution < 1.29 is 14.3 Å². The van der Waals surface area contributed by atoms with Crippen molar-refractivity contribution >= 4 is 23.1 Å². The summed E-state index contributed by atoms with van der Waals surface area (Å²) in [6.45, 7) is 10.7. The maximum Gasteiger partial charge on any atom is 0.410 e. The number of carbonyl (C=O) groups is 1. The van der Waals surface area contributed by atoms with E-state index in [4.69, 9.17) is 19.6 Å². The highest BCUT2D eigenvalue weighted by Crippen LogP contribution is 2.34. The van der Waals surface area contributed by atoms with Crippen molar-refractivity contribution in [2.24, 2.45) is 5.92 Å². The highest BCUT2D eigenvalue weighted by molar-refractivity contribution is 5.92. The van der Waals surface area contributed by atoms with Crippen LogP contribution in [0.25, 0.3) is 22.3 Å². The standard InChI is InChI=1S/C26H36N6O3/c1-6-13-27-24-28-16-20-22(19-9-7-8-10-21(19)34-5)30-32(23(20)29-24)17-18-11-14-31(15-12-18)25(33)35-26(2,3)4/h7-10,16,18H,6,11-15,17H2,1-5H3,(H,27,28,29). The fourth-order valence-corrected chi connectivity index (χ4v) is 4.32. The second-order valence-corrected chi connectivity index (χ2v) is 10.00. The number of aromatic nitrogens is 4. The number of likely N-dealkylation sites (tertiary alicyclic amines) is 1. The number of hydrogen-bond acceptors (Lipinski definition) is 7. The molecule has 0 radical (unpaired) electrons. The van der Waals surface area contributed by atoms with Crippen LogP contribution in [-0.2, 0) is 11.3 Å². The third-order valence-electron chi connectivity index (χ3n) is 6.08. The summed E-state index contributed by atoms with van der Waals surface area (Å²) in [5.41, 5.74) is 2.04. The lowest BCUT2D eigenvalue weighted by Gasteiger charge is -2.33. The van der Waals surface area contributed by atoms with Crippen LogP contribution in [0.2, 0.25) is 0 Å². The zero-order chi connectivity index (χ0) is 25.0. The first-order chi connectivity index (χ1) is 16.8. The second-order valence-electron chi connectivity index (χ2n) is 10.00. The summed E-state index contributed by atoms with van der Waals surface area (Å²) < 4.78 is 13.1. The van der Waals surface area contributed by atoms with Gasteiger partial charge in [0.2, 0.25) is 5.95 Å². The molecule has 4 rings (SSSR count). The minimum absolute atomic E-state index is 0.238. The monoisotopic (exact) mass is 480 g/mol. The van der Waals surface area contributed by atoms with Gasteiger partial charge < -0.3 is 19.7 Å². The van der Waals surface area contributed by atoms with E-state index < -0.39 is 5.60 Å². The van der Waals surface area contributed by atoms with Crippen molar-refractivity contribution in [1.29, 1.82) is 0 Å². The van der Waals surface area contributed by atoms with Crippen LogP contribution < -0.4 is 10.1 Å². The molecule has 0 atom stereocenters. The quantitative estimate of drug-likeness (QED) is 0.510. The van der Waals surface area contributed by atoms with E-state index in [-0.39, 0.29) is 6.09 Å². The number of para-hydroxylation sites is 1. The largest absolute Gasteiger partial charge is 0.496 e. The average Bonchev–Trinajstić information content (AvgIpc) is 3.19. The first kappa shape index (κ1) is 24.8. The van der Waals surface area contributed by atoms with E-state index in [1.807, 2.05) is 55.9 Å². The van der Waals surface area contributed by atoms with Gasteiger partial charge in [0.15, 0.2) is 5.65 Å². The Kier molecular flexibility index (Phi) is 7.42. The molecule has 1 N–H and O–H groups in total. The zero-order valence-corrected chi connectivity index (χ0v) is 21.4. The lowest BCUT2D eigenvalue weighted by molar-refractivity contribution is 0.0177. The zero-order valence-electron chi connectivity index (χ0n) is 21.4. The first-order valence-corrected chi connectivity index (χ1v) is 12.4. The first-order valence-electron chi connectivity index (χ1n) is 12.4. The summed E-state index contributed by atoms with van der Waals surface area (Å²) in [7, 11) is 1.67. The van der Waals surface area contributed by atoms with Gasteiger partial charge in [-0.05, 0) is 58.1 Å². The summed E-state index contributed by atoms with van der Waals surface area (Å²) in [5.74, 6) is 1.74. The van der Waals surface area contributed by atoms with Gasteiger partial charge in [-0.25, -0.2) is 14.5 Å². The van der Waals surface area contributed by atoms with Crippen molar-refractivity contribution in [2.75, 3.05) is 32.1 Å². The van der Waals surface area contributed by atoms with Crippen LogP contribution in [0.15, 0.2) is 30.5 Å². The van der Waals surface area contributed by atoms with Crippen LogP contribution in [-0.4, -0.2) is 63.1 Å². The van der Waals surface area contributed by atoms with E-state index >= 15 is 0 Å². The number of ether oxygens (including phenoxy) is 2. The predicted molar refractivity (Wildman–Crippen MR) is 137 cm³/mol. The van der Waals surface area contributed by atoms with Crippen LogP contribution >= 0.6 is 0 Å². The van der Waals surface area contributed by atoms with Crippen molar-refractivity contribution in [1.82, 2.24) is 24.6 Å². The fourth-order valence-electron chi connectivity index (χ4n) is 4.32. The van der Waals surface area contributed by atoms with Crippen LogP contribution in [0.5, 0.6) is 5.75 Å². The molecule has 1 fully saturated rings. The van der Waals surface area contributed by atoms with E-state index in [9.17, 15) is 4.79 Å². The molecule has 0 bridgehead atoms. The molecular weight excluding hydrogens is 444 g/mol. The Morgan fingerprint density at radius 1 is 1.20 bits per heavy atom. The summed E-state index contributed by atoms with van der Waals surface area (Å²) in [5, 5.41) is 9.16. The number of amides is 1. The van der Waals surface area contributed by atoms with Crippen LogP contribution in [0.1, 0.15) is 47.0 Å². The molecule has 3 aromatic rings. The molecule has 0 unspecified atom stereocenters. The Bertz CT molecular complexity index is 1160. The molecule has 1 amide bonds. The van der Waals surface area contributed by atoms with E-state index in [1.54, 1.807) is 12.0 Å². The van der Waals surface area contributed by atoms with Gasteiger partial charge in [-0.15, -0.1) is 0 Å². The van der Waals surface area contributed by atoms with Crippen LogP contribution in [0, 0.1) is 5.92 Å². The predicted octanol–water partition coefficient (Wildman–Crippen LogP) is 4.97. The third-order valence-corrected chi connectivity index (χ3v) is 6.08. The highest BCUT2D eigenvalue weighted by atomic mass is 16.6. The topological polar surface area (TPSA) is 94.4 Å². The van der Waals surface area contributed by atoms with Gasteiger partial charge >= 0.3 is 6.09 Å². The number of piperidine rings is 1. The Morgan fingerprint density at radius 3 is 2.63 bits per heavy atom. The van der Waals surface area contributed by atoms with Gasteiger partial charge in [-0.2, -0.15) is 10.1 Å². The highest BCUT2D eigenvalue weighted by Gasteiger charge is 2.28. The normalized spacial score (nSPS) is 14.8. The van der Waals surface area contributed by atoms with Gasteiger partial charge in [0.1, 0.15) is 17.0 Å². The molecule has 9 nitrogen and oxygen atoms in total. The molecule has 1 aliphatic rings. The molecule has 2 aromatic heterocycles. The Hall–Kier alpha value is -3.36. The molecule has 1 saturated heterocycles. The van der Waals surface area contributed by atoms with E-state index in [0.717, 1.165) is 60.4 Å². The minimum atomic E-state index is -0.486. The Labute approximate surface area is 206 Å². The lowest BCUT2D eigenvalue weighted by atomic mass is 9.97. The summed E-state index contributed by atoms with van der Waals surface area (Å²) in [6.07, 6.45) is 4.37. The van der Waals surface area contributed by atoms with Crippen LogP contribution in [0.4, 0.5) is 10.7 Å². The van der Waals surface area contributed by atoms with Gasteiger partial charge in [0, 0.05) is 37.9 Å². The van der Waals surface area contributed by atoms with Crippen molar-refractivity contribution in [3.63, 3.8) is 0 Å². The summed E-state index contributed by atoms with van der Waals surface area (Å²) >= 11 is 0. The molecule has 35 heavy (non-hydrogen) atoms. The maximum atomic E-state index is 12.4. The SMILES string of the molecule is CCCNc1ncc2c(-c3ccccc3OC)nn(CC3CCN(C(=O)OC(C)(C)C)CC3)c2n1. The number of carbonyl (C=O) groups excluding carboxylic acids is 1. The number of hydrogen-bond donors (Lipinski definition) is 1. The molecule has 188 valence electrons. The third kappa shape index (κ3) is 5.83. The molecule has 0 spiro atoms. The number of benzene rings is 1. The Balaban J connectivity index is 1.59. The number of fused-ring (bicyclic) bond motifs is 1. The molecule has 1 aliphatic heterocycles. The van der Waals surface area contributed by atoms with E-state index in [0.29, 0.717) is 25.0 Å². The number of rotatable bonds is 7. The Morgan fingerprint density at radius 2 is 1.94 bits per heavy atom. The smallest absolute Gasteiger partial charge is 0.410 e. The number of anilines is 1. The van der Waals surface area contributed by atoms with Crippen molar-refractivity contribution in [3.8, 4) is 17.0 Å². The molecule has 0 saturated carbocycles. The van der Waals surface area contributed by atoms with E-state index in [1.165, 1.54) is 0 Å². The molecule has 3 heterocycles. The molecule has 1 aromatic carbocycles. The molecule has 9 heteroatoms. The number of nitrogens with zero attached hydrogens (tertiary/aromatic N) is 5. The van der Waals surface area contributed by atoms with Crippen molar-refractivity contribution in [3.05, 3.63) is 30.5 Å². The average molecular weight is 481 g/mol. The van der Waals surface area contributed by atoms with Crippen molar-refractivity contribution in [2.45, 2.75) is 59.1 Å². The number of methoxy groups -OCH3 is 1. The maximum absolute atomic E-state index is 12.4.